The fraction of sp³-hybridized carbons (Fsp3) is 0.368. The Bertz CT molecular complexity index is 528. The average Bonchev–Trinajstić information content (AvgIpc) is 2.55. The van der Waals surface area contributed by atoms with E-state index in [0.717, 1.165) is 37.6 Å². The Morgan fingerprint density at radius 3 is 2.41 bits per heavy atom. The van der Waals surface area contributed by atoms with Crippen LogP contribution in [-0.2, 0) is 6.54 Å². The topological polar surface area (TPSA) is 47.3 Å². The number of rotatable bonds is 10. The Kier molecular flexibility index (Phi) is 7.50. The minimum Gasteiger partial charge on any atom is -0.457 e. The van der Waals surface area contributed by atoms with Crippen molar-refractivity contribution in [3.8, 4) is 11.5 Å². The van der Waals surface area contributed by atoms with Crippen LogP contribution in [-0.4, -0.2) is 13.1 Å². The molecule has 3 heteroatoms. The second-order valence-corrected chi connectivity index (χ2v) is 5.44. The minimum atomic E-state index is 0.807. The molecule has 3 N–H and O–H groups in total. The van der Waals surface area contributed by atoms with Gasteiger partial charge >= 0.3 is 0 Å². The summed E-state index contributed by atoms with van der Waals surface area (Å²) in [5.41, 5.74) is 6.73. The zero-order valence-corrected chi connectivity index (χ0v) is 13.1. The van der Waals surface area contributed by atoms with Crippen molar-refractivity contribution in [2.45, 2.75) is 32.2 Å². The first-order valence-corrected chi connectivity index (χ1v) is 8.11. The number of benzene rings is 2. The molecule has 22 heavy (non-hydrogen) atoms. The zero-order chi connectivity index (χ0) is 15.5. The van der Waals surface area contributed by atoms with E-state index in [1.807, 2.05) is 42.5 Å². The monoisotopic (exact) mass is 298 g/mol. The molecule has 0 spiro atoms. The minimum absolute atomic E-state index is 0.807. The molecule has 2 rings (SSSR count). The molecule has 3 nitrogen and oxygen atoms in total. The van der Waals surface area contributed by atoms with Crippen LogP contribution in [0.2, 0.25) is 0 Å². The van der Waals surface area contributed by atoms with E-state index in [2.05, 4.69) is 17.4 Å². The summed E-state index contributed by atoms with van der Waals surface area (Å²) in [7, 11) is 0. The molecule has 0 saturated carbocycles. The van der Waals surface area contributed by atoms with E-state index in [4.69, 9.17) is 10.5 Å². The molecule has 0 unspecified atom stereocenters. The fourth-order valence-electron chi connectivity index (χ4n) is 2.32. The summed E-state index contributed by atoms with van der Waals surface area (Å²) in [6, 6.07) is 18.1. The quantitative estimate of drug-likeness (QED) is 0.650. The van der Waals surface area contributed by atoms with Gasteiger partial charge in [-0.05, 0) is 55.8 Å². The van der Waals surface area contributed by atoms with Gasteiger partial charge in [0.15, 0.2) is 0 Å². The lowest BCUT2D eigenvalue weighted by molar-refractivity contribution is 0.481. The first kappa shape index (κ1) is 16.5. The van der Waals surface area contributed by atoms with E-state index in [9.17, 15) is 0 Å². The number of nitrogens with one attached hydrogen (secondary N) is 1. The van der Waals surface area contributed by atoms with Crippen LogP contribution in [0.4, 0.5) is 0 Å². The van der Waals surface area contributed by atoms with Crippen molar-refractivity contribution >= 4 is 0 Å². The highest BCUT2D eigenvalue weighted by molar-refractivity contribution is 5.33. The third-order valence-electron chi connectivity index (χ3n) is 3.51. The van der Waals surface area contributed by atoms with Crippen LogP contribution >= 0.6 is 0 Å². The van der Waals surface area contributed by atoms with E-state index in [1.54, 1.807) is 0 Å². The molecule has 2 aromatic rings. The van der Waals surface area contributed by atoms with Gasteiger partial charge in [-0.25, -0.2) is 0 Å². The van der Waals surface area contributed by atoms with Gasteiger partial charge in [0, 0.05) is 6.54 Å². The highest BCUT2D eigenvalue weighted by Crippen LogP contribution is 2.21. The molecule has 0 amide bonds. The van der Waals surface area contributed by atoms with Crippen molar-refractivity contribution in [2.24, 2.45) is 5.73 Å². The molecule has 0 atom stereocenters. The third-order valence-corrected chi connectivity index (χ3v) is 3.51. The van der Waals surface area contributed by atoms with Crippen molar-refractivity contribution in [2.75, 3.05) is 13.1 Å². The van der Waals surface area contributed by atoms with Gasteiger partial charge in [-0.15, -0.1) is 0 Å². The van der Waals surface area contributed by atoms with Gasteiger partial charge in [-0.3, -0.25) is 0 Å². The first-order chi connectivity index (χ1) is 10.9. The summed E-state index contributed by atoms with van der Waals surface area (Å²) in [4.78, 5) is 0. The average molecular weight is 298 g/mol. The molecule has 0 aliphatic heterocycles. The van der Waals surface area contributed by atoms with Crippen LogP contribution in [0.25, 0.3) is 0 Å². The van der Waals surface area contributed by atoms with E-state index in [0.29, 0.717) is 0 Å². The lowest BCUT2D eigenvalue weighted by atomic mass is 10.2. The van der Waals surface area contributed by atoms with E-state index < -0.39 is 0 Å². The third kappa shape index (κ3) is 6.29. The molecule has 0 radical (unpaired) electrons. The standard InChI is InChI=1S/C19H26N2O/c20-13-6-1-2-7-14-21-16-17-9-8-12-19(15-17)22-18-10-4-3-5-11-18/h3-5,8-12,15,21H,1-2,6-7,13-14,16,20H2. The SMILES string of the molecule is NCCCCCCNCc1cccc(Oc2ccccc2)c1. The number of nitrogens with two attached hydrogens (primary N) is 1. The van der Waals surface area contributed by atoms with Crippen LogP contribution in [0.15, 0.2) is 54.6 Å². The summed E-state index contributed by atoms with van der Waals surface area (Å²) in [5, 5.41) is 3.48. The van der Waals surface area contributed by atoms with Gasteiger partial charge in [0.05, 0.1) is 0 Å². The lowest BCUT2D eigenvalue weighted by Gasteiger charge is -2.08. The second-order valence-electron chi connectivity index (χ2n) is 5.44. The van der Waals surface area contributed by atoms with Gasteiger partial charge in [-0.1, -0.05) is 43.2 Å². The zero-order valence-electron chi connectivity index (χ0n) is 13.1. The van der Waals surface area contributed by atoms with Crippen molar-refractivity contribution < 1.29 is 4.74 Å². The van der Waals surface area contributed by atoms with Gasteiger partial charge < -0.3 is 15.8 Å². The van der Waals surface area contributed by atoms with Gasteiger partial charge in [0.1, 0.15) is 11.5 Å². The van der Waals surface area contributed by atoms with Crippen molar-refractivity contribution in [3.63, 3.8) is 0 Å². The predicted octanol–water partition coefficient (Wildman–Crippen LogP) is 4.09. The number of hydrogen-bond acceptors (Lipinski definition) is 3. The van der Waals surface area contributed by atoms with Gasteiger partial charge in [0.2, 0.25) is 0 Å². The maximum absolute atomic E-state index is 5.85. The summed E-state index contributed by atoms with van der Waals surface area (Å²) in [6.07, 6.45) is 4.83. The Morgan fingerprint density at radius 2 is 1.59 bits per heavy atom. The Hall–Kier alpha value is -1.84. The molecule has 0 aliphatic carbocycles. The molecule has 0 saturated heterocycles. The second kappa shape index (κ2) is 9.98. The lowest BCUT2D eigenvalue weighted by Crippen LogP contribution is -2.14. The van der Waals surface area contributed by atoms with Gasteiger partial charge in [0.25, 0.3) is 0 Å². The maximum Gasteiger partial charge on any atom is 0.127 e. The van der Waals surface area contributed by atoms with Crippen molar-refractivity contribution in [3.05, 3.63) is 60.2 Å². The first-order valence-electron chi connectivity index (χ1n) is 8.11. The highest BCUT2D eigenvalue weighted by Gasteiger charge is 1.99. The van der Waals surface area contributed by atoms with Crippen LogP contribution < -0.4 is 15.8 Å². The molecular weight excluding hydrogens is 272 g/mol. The van der Waals surface area contributed by atoms with E-state index in [1.165, 1.54) is 24.8 Å². The molecular formula is C19H26N2O. The number of unbranched alkanes of at least 4 members (excludes halogenated alkanes) is 3. The number of para-hydroxylation sites is 1. The molecule has 0 heterocycles. The molecule has 2 aromatic carbocycles. The summed E-state index contributed by atoms with van der Waals surface area (Å²) in [5.74, 6) is 1.75. The van der Waals surface area contributed by atoms with E-state index in [-0.39, 0.29) is 0 Å². The fourth-order valence-corrected chi connectivity index (χ4v) is 2.32. The number of hydrogen-bond donors (Lipinski definition) is 2. The molecule has 118 valence electrons. The van der Waals surface area contributed by atoms with Crippen LogP contribution in [0.3, 0.4) is 0 Å². The summed E-state index contributed by atoms with van der Waals surface area (Å²) in [6.45, 7) is 2.73. The van der Waals surface area contributed by atoms with E-state index >= 15 is 0 Å². The molecule has 0 aliphatic rings. The molecule has 0 aromatic heterocycles. The largest absolute Gasteiger partial charge is 0.457 e. The summed E-state index contributed by atoms with van der Waals surface area (Å²) >= 11 is 0. The van der Waals surface area contributed by atoms with Crippen molar-refractivity contribution in [1.82, 2.24) is 5.32 Å². The molecule has 0 bridgehead atoms. The maximum atomic E-state index is 5.85. The van der Waals surface area contributed by atoms with Crippen molar-refractivity contribution in [1.29, 1.82) is 0 Å². The Balaban J connectivity index is 1.72. The Labute approximate surface area is 133 Å². The van der Waals surface area contributed by atoms with Gasteiger partial charge in [-0.2, -0.15) is 0 Å². The normalized spacial score (nSPS) is 10.6. The summed E-state index contributed by atoms with van der Waals surface area (Å²) < 4.78 is 5.85. The predicted molar refractivity (Wildman–Crippen MR) is 92.2 cm³/mol. The van der Waals surface area contributed by atoms with Crippen LogP contribution in [0.1, 0.15) is 31.2 Å². The molecule has 0 fully saturated rings. The number of ether oxygens (including phenoxy) is 1. The van der Waals surface area contributed by atoms with Crippen LogP contribution in [0, 0.1) is 0 Å². The van der Waals surface area contributed by atoms with Crippen LogP contribution in [0.5, 0.6) is 11.5 Å². The smallest absolute Gasteiger partial charge is 0.127 e. The Morgan fingerprint density at radius 1 is 0.818 bits per heavy atom. The highest BCUT2D eigenvalue weighted by atomic mass is 16.5.